The van der Waals surface area contributed by atoms with Crippen molar-refractivity contribution < 1.29 is 4.74 Å². The van der Waals surface area contributed by atoms with E-state index in [1.807, 2.05) is 18.2 Å². The first-order valence-electron chi connectivity index (χ1n) is 4.89. The number of benzene rings is 1. The molecule has 5 nitrogen and oxygen atoms in total. The number of aryl methyl sites for hydroxylation is 1. The van der Waals surface area contributed by atoms with Crippen LogP contribution in [0.4, 0.5) is 0 Å². The Morgan fingerprint density at radius 2 is 2.24 bits per heavy atom. The first kappa shape index (κ1) is 12.5. The standard InChI is InChI=1S/C10H10Br2N4O/c1-16-14-10(13-15-16)6-17-9-3-2-8(12)4-7(9)5-11/h2-4H,5-6H2,1H3. The Morgan fingerprint density at radius 1 is 1.41 bits per heavy atom. The molecule has 0 amide bonds. The number of hydrogen-bond acceptors (Lipinski definition) is 4. The molecule has 0 spiro atoms. The van der Waals surface area contributed by atoms with Gasteiger partial charge < -0.3 is 4.74 Å². The number of tetrazole rings is 1. The van der Waals surface area contributed by atoms with Crippen LogP contribution in [0, 0.1) is 0 Å². The summed E-state index contributed by atoms with van der Waals surface area (Å²) in [6.45, 7) is 0.315. The van der Waals surface area contributed by atoms with Crippen LogP contribution in [0.2, 0.25) is 0 Å². The van der Waals surface area contributed by atoms with Crippen molar-refractivity contribution in [2.75, 3.05) is 0 Å². The zero-order valence-corrected chi connectivity index (χ0v) is 12.3. The molecule has 0 saturated carbocycles. The molecule has 1 aromatic carbocycles. The Labute approximate surface area is 115 Å². The highest BCUT2D eigenvalue weighted by Gasteiger charge is 2.06. The van der Waals surface area contributed by atoms with E-state index in [4.69, 9.17) is 4.74 Å². The van der Waals surface area contributed by atoms with E-state index in [1.165, 1.54) is 4.80 Å². The molecule has 0 bridgehead atoms. The molecule has 7 heteroatoms. The fraction of sp³-hybridized carbons (Fsp3) is 0.300. The maximum absolute atomic E-state index is 5.65. The van der Waals surface area contributed by atoms with Gasteiger partial charge in [-0.3, -0.25) is 0 Å². The lowest BCUT2D eigenvalue weighted by atomic mass is 10.2. The van der Waals surface area contributed by atoms with Gasteiger partial charge in [0.25, 0.3) is 0 Å². The topological polar surface area (TPSA) is 52.8 Å². The Balaban J connectivity index is 2.08. The molecule has 2 rings (SSSR count). The van der Waals surface area contributed by atoms with Gasteiger partial charge in [-0.1, -0.05) is 31.9 Å². The van der Waals surface area contributed by atoms with Crippen LogP contribution in [-0.2, 0) is 19.0 Å². The van der Waals surface area contributed by atoms with Crippen LogP contribution >= 0.6 is 31.9 Å². The molecule has 0 aliphatic carbocycles. The second-order valence-corrected chi connectivity index (χ2v) is 4.85. The first-order chi connectivity index (χ1) is 8.19. The number of rotatable bonds is 4. The van der Waals surface area contributed by atoms with Crippen LogP contribution in [0.15, 0.2) is 22.7 Å². The van der Waals surface area contributed by atoms with Gasteiger partial charge >= 0.3 is 0 Å². The molecule has 17 heavy (non-hydrogen) atoms. The third-order valence-corrected chi connectivity index (χ3v) is 3.17. The molecule has 0 aliphatic heterocycles. The number of ether oxygens (including phenoxy) is 1. The van der Waals surface area contributed by atoms with Gasteiger partial charge in [0, 0.05) is 15.4 Å². The number of hydrogen-bond donors (Lipinski definition) is 0. The van der Waals surface area contributed by atoms with Gasteiger partial charge in [0.15, 0.2) is 6.61 Å². The average molecular weight is 362 g/mol. The van der Waals surface area contributed by atoms with Crippen LogP contribution < -0.4 is 4.74 Å². The van der Waals surface area contributed by atoms with Crippen LogP contribution in [0.25, 0.3) is 0 Å². The van der Waals surface area contributed by atoms with Crippen molar-refractivity contribution in [1.82, 2.24) is 20.2 Å². The molecular formula is C10H10Br2N4O. The lowest BCUT2D eigenvalue weighted by molar-refractivity contribution is 0.293. The molecular weight excluding hydrogens is 352 g/mol. The van der Waals surface area contributed by atoms with Crippen LogP contribution in [-0.4, -0.2) is 20.2 Å². The predicted octanol–water partition coefficient (Wildman–Crippen LogP) is 2.45. The van der Waals surface area contributed by atoms with Gasteiger partial charge in [-0.2, -0.15) is 4.80 Å². The van der Waals surface area contributed by atoms with Crippen LogP contribution in [0.3, 0.4) is 0 Å². The maximum Gasteiger partial charge on any atom is 0.212 e. The highest BCUT2D eigenvalue weighted by Crippen LogP contribution is 2.25. The van der Waals surface area contributed by atoms with Crippen molar-refractivity contribution in [3.05, 3.63) is 34.1 Å². The van der Waals surface area contributed by atoms with E-state index in [0.717, 1.165) is 21.1 Å². The SMILES string of the molecule is Cn1nnc(COc2ccc(Br)cc2CBr)n1. The summed E-state index contributed by atoms with van der Waals surface area (Å²) in [5.74, 6) is 1.38. The van der Waals surface area contributed by atoms with Crippen LogP contribution in [0.1, 0.15) is 11.4 Å². The molecule has 1 aromatic heterocycles. The van der Waals surface area contributed by atoms with Gasteiger partial charge in [-0.15, -0.1) is 10.2 Å². The van der Waals surface area contributed by atoms with Crippen molar-refractivity contribution >= 4 is 31.9 Å². The van der Waals surface area contributed by atoms with Gasteiger partial charge in [0.1, 0.15) is 5.75 Å². The summed E-state index contributed by atoms with van der Waals surface area (Å²) >= 11 is 6.85. The van der Waals surface area contributed by atoms with E-state index in [2.05, 4.69) is 47.3 Å². The van der Waals surface area contributed by atoms with E-state index in [0.29, 0.717) is 12.4 Å². The van der Waals surface area contributed by atoms with E-state index < -0.39 is 0 Å². The number of aromatic nitrogens is 4. The first-order valence-corrected chi connectivity index (χ1v) is 6.80. The minimum atomic E-state index is 0.315. The smallest absolute Gasteiger partial charge is 0.212 e. The molecule has 90 valence electrons. The second kappa shape index (κ2) is 5.59. The Bertz CT molecular complexity index is 515. The van der Waals surface area contributed by atoms with Gasteiger partial charge in [-0.25, -0.2) is 0 Å². The summed E-state index contributed by atoms with van der Waals surface area (Å²) < 4.78 is 6.68. The zero-order valence-electron chi connectivity index (χ0n) is 9.10. The molecule has 2 aromatic rings. The lowest BCUT2D eigenvalue weighted by Crippen LogP contribution is -2.00. The van der Waals surface area contributed by atoms with Crippen molar-refractivity contribution in [2.24, 2.45) is 7.05 Å². The average Bonchev–Trinajstić information content (AvgIpc) is 2.73. The highest BCUT2D eigenvalue weighted by molar-refractivity contribution is 9.10. The van der Waals surface area contributed by atoms with E-state index in [9.17, 15) is 0 Å². The van der Waals surface area contributed by atoms with Crippen molar-refractivity contribution in [3.63, 3.8) is 0 Å². The summed E-state index contributed by atoms with van der Waals surface area (Å²) in [5, 5.41) is 12.4. The lowest BCUT2D eigenvalue weighted by Gasteiger charge is -2.08. The van der Waals surface area contributed by atoms with Crippen molar-refractivity contribution in [3.8, 4) is 5.75 Å². The van der Waals surface area contributed by atoms with Crippen LogP contribution in [0.5, 0.6) is 5.75 Å². The molecule has 1 heterocycles. The van der Waals surface area contributed by atoms with E-state index in [-0.39, 0.29) is 0 Å². The number of alkyl halides is 1. The molecule has 0 N–H and O–H groups in total. The monoisotopic (exact) mass is 360 g/mol. The largest absolute Gasteiger partial charge is 0.485 e. The molecule has 0 saturated heterocycles. The highest BCUT2D eigenvalue weighted by atomic mass is 79.9. The van der Waals surface area contributed by atoms with Gasteiger partial charge in [0.05, 0.1) is 7.05 Å². The Morgan fingerprint density at radius 3 is 2.88 bits per heavy atom. The third kappa shape index (κ3) is 3.26. The van der Waals surface area contributed by atoms with Gasteiger partial charge in [-0.05, 0) is 23.4 Å². The Hall–Kier alpha value is -0.950. The molecule has 0 aliphatic rings. The zero-order chi connectivity index (χ0) is 12.3. The summed E-state index contributed by atoms with van der Waals surface area (Å²) in [4.78, 5) is 1.41. The summed E-state index contributed by atoms with van der Waals surface area (Å²) in [6, 6.07) is 5.86. The van der Waals surface area contributed by atoms with Crippen molar-refractivity contribution in [1.29, 1.82) is 0 Å². The molecule has 0 radical (unpaired) electrons. The Kier molecular flexibility index (Phi) is 4.11. The van der Waals surface area contributed by atoms with E-state index in [1.54, 1.807) is 7.05 Å². The summed E-state index contributed by atoms with van der Waals surface area (Å²) in [7, 11) is 1.72. The second-order valence-electron chi connectivity index (χ2n) is 3.37. The normalized spacial score (nSPS) is 10.5. The quantitative estimate of drug-likeness (QED) is 0.785. The number of halogens is 2. The van der Waals surface area contributed by atoms with E-state index >= 15 is 0 Å². The summed E-state index contributed by atoms with van der Waals surface area (Å²) in [5.41, 5.74) is 1.07. The van der Waals surface area contributed by atoms with Crippen molar-refractivity contribution in [2.45, 2.75) is 11.9 Å². The summed E-state index contributed by atoms with van der Waals surface area (Å²) in [6.07, 6.45) is 0. The van der Waals surface area contributed by atoms with Gasteiger partial charge in [0.2, 0.25) is 5.82 Å². The predicted molar refractivity (Wildman–Crippen MR) is 69.9 cm³/mol. The minimum absolute atomic E-state index is 0.315. The molecule has 0 fully saturated rings. The molecule has 0 atom stereocenters. The molecule has 0 unspecified atom stereocenters. The fourth-order valence-electron chi connectivity index (χ4n) is 1.32. The number of nitrogens with zero attached hydrogens (tertiary/aromatic N) is 4. The third-order valence-electron chi connectivity index (χ3n) is 2.07. The maximum atomic E-state index is 5.65. The minimum Gasteiger partial charge on any atom is -0.485 e. The fourth-order valence-corrected chi connectivity index (χ4v) is 2.16.